The predicted molar refractivity (Wildman–Crippen MR) is 148 cm³/mol. The second-order valence-corrected chi connectivity index (χ2v) is 12.1. The Kier molecular flexibility index (Phi) is 12.3. The summed E-state index contributed by atoms with van der Waals surface area (Å²) in [6, 6.07) is 2.92. The van der Waals surface area contributed by atoms with Crippen LogP contribution in [0.15, 0.2) is 24.8 Å². The molecule has 0 aromatic heterocycles. The number of aryl methyl sites for hydroxylation is 1. The van der Waals surface area contributed by atoms with E-state index in [0.29, 0.717) is 6.61 Å². The van der Waals surface area contributed by atoms with Gasteiger partial charge in [0.25, 0.3) is 0 Å². The van der Waals surface area contributed by atoms with E-state index < -0.39 is 11.6 Å². The normalized spacial score (nSPS) is 30.0. The molecule has 3 heteroatoms. The van der Waals surface area contributed by atoms with Gasteiger partial charge in [0.15, 0.2) is 11.6 Å². The minimum absolute atomic E-state index is 0.0272. The molecule has 4 unspecified atom stereocenters. The molecule has 1 nitrogen and oxygen atoms in total. The molecule has 0 spiro atoms. The third kappa shape index (κ3) is 8.59. The van der Waals surface area contributed by atoms with E-state index in [0.717, 1.165) is 35.5 Å². The van der Waals surface area contributed by atoms with Gasteiger partial charge in [0.2, 0.25) is 5.82 Å². The number of hydrogen-bond donors (Lipinski definition) is 0. The highest BCUT2D eigenvalue weighted by molar-refractivity contribution is 5.30. The van der Waals surface area contributed by atoms with Crippen LogP contribution in [0.3, 0.4) is 0 Å². The van der Waals surface area contributed by atoms with Crippen LogP contribution in [0.4, 0.5) is 8.78 Å². The van der Waals surface area contributed by atoms with Crippen LogP contribution in [0.1, 0.15) is 116 Å². The molecule has 204 valence electrons. The molecular formula is C33H52F2O. The van der Waals surface area contributed by atoms with E-state index in [1.165, 1.54) is 64.0 Å². The first-order valence-corrected chi connectivity index (χ1v) is 15.1. The largest absolute Gasteiger partial charge is 0.491 e. The second-order valence-electron chi connectivity index (χ2n) is 12.1. The number of benzene rings is 1. The third-order valence-electron chi connectivity index (χ3n) is 9.52. The second kappa shape index (κ2) is 15.1. The van der Waals surface area contributed by atoms with Gasteiger partial charge in [-0.15, -0.1) is 6.58 Å². The Morgan fingerprint density at radius 2 is 1.33 bits per heavy atom. The molecule has 4 rings (SSSR count). The van der Waals surface area contributed by atoms with Gasteiger partial charge >= 0.3 is 0 Å². The van der Waals surface area contributed by atoms with Crippen LogP contribution in [0.25, 0.3) is 0 Å². The molecule has 0 amide bonds. The van der Waals surface area contributed by atoms with Crippen LogP contribution in [0.5, 0.6) is 5.75 Å². The molecule has 0 heterocycles. The predicted octanol–water partition coefficient (Wildman–Crippen LogP) is 10.5. The highest BCUT2D eigenvalue weighted by Gasteiger charge is 2.35. The minimum atomic E-state index is -0.906. The van der Waals surface area contributed by atoms with Crippen LogP contribution >= 0.6 is 0 Å². The Morgan fingerprint density at radius 3 is 1.92 bits per heavy atom. The van der Waals surface area contributed by atoms with E-state index in [9.17, 15) is 8.78 Å². The summed E-state index contributed by atoms with van der Waals surface area (Å²) in [5.74, 6) is 4.65. The van der Waals surface area contributed by atoms with Crippen molar-refractivity contribution in [2.45, 2.75) is 117 Å². The van der Waals surface area contributed by atoms with Gasteiger partial charge in [0, 0.05) is 0 Å². The first-order chi connectivity index (χ1) is 17.4. The van der Waals surface area contributed by atoms with Crippen LogP contribution in [-0.4, -0.2) is 6.61 Å². The van der Waals surface area contributed by atoms with Crippen LogP contribution in [0, 0.1) is 54.1 Å². The Balaban J connectivity index is 0.000000253. The van der Waals surface area contributed by atoms with Crippen molar-refractivity contribution < 1.29 is 13.5 Å². The first kappa shape index (κ1) is 29.2. The van der Waals surface area contributed by atoms with Crippen molar-refractivity contribution in [2.75, 3.05) is 6.61 Å². The number of halogens is 2. The van der Waals surface area contributed by atoms with E-state index >= 15 is 0 Å². The van der Waals surface area contributed by atoms with Gasteiger partial charge in [0.05, 0.1) is 6.61 Å². The highest BCUT2D eigenvalue weighted by Crippen LogP contribution is 2.47. The van der Waals surface area contributed by atoms with Gasteiger partial charge in [-0.2, -0.15) is 4.39 Å². The first-order valence-electron chi connectivity index (χ1n) is 15.1. The fraction of sp³-hybridized carbons (Fsp3) is 0.758. The van der Waals surface area contributed by atoms with Gasteiger partial charge in [-0.3, -0.25) is 0 Å². The SMILES string of the molecule is C=CCC1CCC(CCC2CCC3CC(CCC)CCC3C2)CC1.CCOc1ccc(C)c(F)c1F. The lowest BCUT2D eigenvalue weighted by Gasteiger charge is -2.42. The number of ether oxygens (including phenoxy) is 1. The molecule has 0 aliphatic heterocycles. The Labute approximate surface area is 220 Å². The Bertz CT molecular complexity index is 782. The lowest BCUT2D eigenvalue weighted by atomic mass is 9.63. The average molecular weight is 503 g/mol. The van der Waals surface area contributed by atoms with Crippen LogP contribution in [0.2, 0.25) is 0 Å². The summed E-state index contributed by atoms with van der Waals surface area (Å²) in [4.78, 5) is 0. The lowest BCUT2D eigenvalue weighted by molar-refractivity contribution is 0.0881. The third-order valence-corrected chi connectivity index (χ3v) is 9.52. The Morgan fingerprint density at radius 1 is 0.778 bits per heavy atom. The molecule has 0 N–H and O–H groups in total. The van der Waals surface area contributed by atoms with Crippen LogP contribution < -0.4 is 4.74 Å². The quantitative estimate of drug-likeness (QED) is 0.305. The molecule has 1 aromatic rings. The van der Waals surface area contributed by atoms with Gasteiger partial charge in [-0.25, -0.2) is 4.39 Å². The summed E-state index contributed by atoms with van der Waals surface area (Å²) < 4.78 is 30.7. The van der Waals surface area contributed by atoms with E-state index in [4.69, 9.17) is 4.74 Å². The minimum Gasteiger partial charge on any atom is -0.491 e. The van der Waals surface area contributed by atoms with Gasteiger partial charge in [0.1, 0.15) is 0 Å². The summed E-state index contributed by atoms with van der Waals surface area (Å²) in [5.41, 5.74) is 0.288. The summed E-state index contributed by atoms with van der Waals surface area (Å²) >= 11 is 0. The molecule has 3 aliphatic carbocycles. The molecule has 3 saturated carbocycles. The molecule has 36 heavy (non-hydrogen) atoms. The number of hydrogen-bond acceptors (Lipinski definition) is 1. The van der Waals surface area contributed by atoms with E-state index in [2.05, 4.69) is 19.6 Å². The Hall–Kier alpha value is -1.38. The van der Waals surface area contributed by atoms with Crippen molar-refractivity contribution in [3.8, 4) is 5.75 Å². The zero-order valence-corrected chi connectivity index (χ0v) is 23.4. The van der Waals surface area contributed by atoms with E-state index in [1.54, 1.807) is 58.3 Å². The maximum atomic E-state index is 12.9. The van der Waals surface area contributed by atoms with Crippen molar-refractivity contribution in [1.29, 1.82) is 0 Å². The van der Waals surface area contributed by atoms with E-state index in [1.807, 2.05) is 0 Å². The summed E-state index contributed by atoms with van der Waals surface area (Å²) in [5, 5.41) is 0. The smallest absolute Gasteiger partial charge is 0.200 e. The molecule has 0 radical (unpaired) electrons. The van der Waals surface area contributed by atoms with Crippen molar-refractivity contribution in [3.63, 3.8) is 0 Å². The van der Waals surface area contributed by atoms with Gasteiger partial charge in [-0.1, -0.05) is 70.4 Å². The lowest BCUT2D eigenvalue weighted by Crippen LogP contribution is -2.31. The molecule has 0 bridgehead atoms. The monoisotopic (exact) mass is 502 g/mol. The standard InChI is InChI=1S/C24H42.C9H10F2O/c1-3-5-19-7-9-20(10-8-19)11-12-22-14-16-23-17-21(6-4-2)13-15-24(23)18-22;1-3-12-7-5-4-6(2)8(10)9(7)11/h3,19-24H,1,4-18H2,2H3;4-5H,3H2,1-2H3. The molecule has 3 aliphatic rings. The summed E-state index contributed by atoms with van der Waals surface area (Å²) in [6.07, 6.45) is 24.8. The van der Waals surface area contributed by atoms with Crippen molar-refractivity contribution in [2.24, 2.45) is 35.5 Å². The van der Waals surface area contributed by atoms with Crippen molar-refractivity contribution >= 4 is 0 Å². The summed E-state index contributed by atoms with van der Waals surface area (Å²) in [7, 11) is 0. The molecule has 3 fully saturated rings. The summed E-state index contributed by atoms with van der Waals surface area (Å²) in [6.45, 7) is 9.85. The maximum absolute atomic E-state index is 12.9. The topological polar surface area (TPSA) is 9.23 Å². The molecule has 4 atom stereocenters. The molecule has 1 aromatic carbocycles. The highest BCUT2D eigenvalue weighted by atomic mass is 19.2. The maximum Gasteiger partial charge on any atom is 0.200 e. The average Bonchev–Trinajstić information content (AvgIpc) is 2.89. The molecular weight excluding hydrogens is 450 g/mol. The van der Waals surface area contributed by atoms with Crippen molar-refractivity contribution in [3.05, 3.63) is 42.0 Å². The van der Waals surface area contributed by atoms with Gasteiger partial charge in [-0.05, 0) is 106 Å². The fourth-order valence-corrected chi connectivity index (χ4v) is 7.37. The van der Waals surface area contributed by atoms with Crippen molar-refractivity contribution in [1.82, 2.24) is 0 Å². The van der Waals surface area contributed by atoms with Crippen LogP contribution in [-0.2, 0) is 0 Å². The number of rotatable bonds is 9. The number of fused-ring (bicyclic) bond motifs is 1. The fourth-order valence-electron chi connectivity index (χ4n) is 7.37. The zero-order chi connectivity index (χ0) is 25.9. The molecule has 0 saturated heterocycles. The van der Waals surface area contributed by atoms with Gasteiger partial charge < -0.3 is 4.74 Å². The number of allylic oxidation sites excluding steroid dienone is 1. The van der Waals surface area contributed by atoms with E-state index in [-0.39, 0.29) is 11.3 Å². The zero-order valence-electron chi connectivity index (χ0n) is 23.4.